The zero-order chi connectivity index (χ0) is 7.11. The topological polar surface area (TPSA) is 44.3 Å². The molecule has 0 saturated heterocycles. The molecule has 0 rings (SSSR count). The lowest BCUT2D eigenvalue weighted by Gasteiger charge is -2.08. The maximum Gasteiger partial charge on any atom is 0.104 e. The van der Waals surface area contributed by atoms with Crippen molar-refractivity contribution < 1.29 is 5.11 Å². The van der Waals surface area contributed by atoms with Crippen LogP contribution in [0, 0.1) is 0 Å². The quantitative estimate of drug-likeness (QED) is 0.350. The van der Waals surface area contributed by atoms with E-state index in [2.05, 4.69) is 10.6 Å². The fraction of sp³-hybridized carbons (Fsp3) is 1.00. The summed E-state index contributed by atoms with van der Waals surface area (Å²) < 4.78 is 0. The average Bonchev–Trinajstić information content (AvgIpc) is 1.89. The lowest BCUT2D eigenvalue weighted by atomic mass is 10.4. The van der Waals surface area contributed by atoms with E-state index in [0.29, 0.717) is 0 Å². The van der Waals surface area contributed by atoms with Crippen molar-refractivity contribution in [2.75, 3.05) is 20.1 Å². The van der Waals surface area contributed by atoms with Gasteiger partial charge in [-0.2, -0.15) is 0 Å². The number of rotatable bonds is 5. The van der Waals surface area contributed by atoms with Crippen LogP contribution in [0.2, 0.25) is 0 Å². The zero-order valence-corrected chi connectivity index (χ0v) is 6.15. The summed E-state index contributed by atoms with van der Waals surface area (Å²) in [7, 11) is 1.89. The number of aliphatic hydroxyl groups is 1. The number of hydrogen-bond acceptors (Lipinski definition) is 3. The van der Waals surface area contributed by atoms with Crippen LogP contribution in [0.15, 0.2) is 0 Å². The Balaban J connectivity index is 2.88. The third kappa shape index (κ3) is 5.76. The van der Waals surface area contributed by atoms with Crippen LogP contribution in [0.3, 0.4) is 0 Å². The summed E-state index contributed by atoms with van der Waals surface area (Å²) >= 11 is 0. The Morgan fingerprint density at radius 2 is 2.11 bits per heavy atom. The van der Waals surface area contributed by atoms with Gasteiger partial charge in [-0.1, -0.05) is 6.92 Å². The van der Waals surface area contributed by atoms with Gasteiger partial charge in [0.05, 0.1) is 0 Å². The van der Waals surface area contributed by atoms with Gasteiger partial charge in [-0.05, 0) is 13.5 Å². The number of hydrogen-bond donors (Lipinski definition) is 3. The smallest absolute Gasteiger partial charge is 0.104 e. The van der Waals surface area contributed by atoms with Gasteiger partial charge in [0.25, 0.3) is 0 Å². The number of aliphatic hydroxyl groups excluding tert-OH is 1. The molecule has 0 aliphatic carbocycles. The minimum atomic E-state index is -0.335. The highest BCUT2D eigenvalue weighted by Crippen LogP contribution is 1.80. The normalized spacial score (nSPS) is 13.7. The summed E-state index contributed by atoms with van der Waals surface area (Å²) in [6, 6.07) is 0. The first-order valence-electron chi connectivity index (χ1n) is 3.37. The van der Waals surface area contributed by atoms with Crippen LogP contribution >= 0.6 is 0 Å². The Labute approximate surface area is 56.5 Å². The SMILES string of the molecule is CCC(O)NCCNC. The first-order valence-corrected chi connectivity index (χ1v) is 3.37. The average molecular weight is 132 g/mol. The molecular weight excluding hydrogens is 116 g/mol. The van der Waals surface area contributed by atoms with E-state index in [9.17, 15) is 0 Å². The Hall–Kier alpha value is -0.120. The molecule has 56 valence electrons. The van der Waals surface area contributed by atoms with Gasteiger partial charge < -0.3 is 10.4 Å². The lowest BCUT2D eigenvalue weighted by molar-refractivity contribution is 0.134. The van der Waals surface area contributed by atoms with E-state index in [-0.39, 0.29) is 6.23 Å². The molecular formula is C6H16N2O. The van der Waals surface area contributed by atoms with Crippen LogP contribution in [0.25, 0.3) is 0 Å². The third-order valence-electron chi connectivity index (χ3n) is 1.14. The van der Waals surface area contributed by atoms with Crippen LogP contribution in [0.4, 0.5) is 0 Å². The predicted octanol–water partition coefficient (Wildman–Crippen LogP) is -0.476. The molecule has 0 radical (unpaired) electrons. The van der Waals surface area contributed by atoms with Crippen molar-refractivity contribution in [2.24, 2.45) is 0 Å². The molecule has 3 N–H and O–H groups in total. The molecule has 0 saturated carbocycles. The van der Waals surface area contributed by atoms with Gasteiger partial charge in [-0.25, -0.2) is 0 Å². The molecule has 0 aromatic rings. The first-order chi connectivity index (χ1) is 4.31. The second kappa shape index (κ2) is 6.01. The van der Waals surface area contributed by atoms with Crippen LogP contribution < -0.4 is 10.6 Å². The van der Waals surface area contributed by atoms with Gasteiger partial charge in [0.15, 0.2) is 0 Å². The van der Waals surface area contributed by atoms with Crippen LogP contribution in [-0.4, -0.2) is 31.5 Å². The minimum absolute atomic E-state index is 0.335. The highest BCUT2D eigenvalue weighted by molar-refractivity contribution is 4.50. The number of likely N-dealkylation sites (N-methyl/N-ethyl adjacent to an activating group) is 1. The maximum absolute atomic E-state index is 8.95. The predicted molar refractivity (Wildman–Crippen MR) is 38.2 cm³/mol. The monoisotopic (exact) mass is 132 g/mol. The van der Waals surface area contributed by atoms with Gasteiger partial charge in [0.1, 0.15) is 6.23 Å². The minimum Gasteiger partial charge on any atom is -0.379 e. The summed E-state index contributed by atoms with van der Waals surface area (Å²) in [6.07, 6.45) is 0.433. The molecule has 1 unspecified atom stereocenters. The Kier molecular flexibility index (Phi) is 5.93. The van der Waals surface area contributed by atoms with Crippen molar-refractivity contribution in [1.82, 2.24) is 10.6 Å². The summed E-state index contributed by atoms with van der Waals surface area (Å²) in [5.41, 5.74) is 0. The van der Waals surface area contributed by atoms with Gasteiger partial charge in [-0.15, -0.1) is 0 Å². The lowest BCUT2D eigenvalue weighted by Crippen LogP contribution is -2.33. The summed E-state index contributed by atoms with van der Waals surface area (Å²) in [6.45, 7) is 3.67. The van der Waals surface area contributed by atoms with E-state index in [0.717, 1.165) is 19.5 Å². The Morgan fingerprint density at radius 3 is 2.56 bits per heavy atom. The molecule has 0 bridgehead atoms. The molecule has 0 fully saturated rings. The molecule has 0 spiro atoms. The molecule has 0 aliphatic heterocycles. The molecule has 9 heavy (non-hydrogen) atoms. The van der Waals surface area contributed by atoms with Crippen LogP contribution in [0.5, 0.6) is 0 Å². The molecule has 0 aromatic heterocycles. The fourth-order valence-electron chi connectivity index (χ4n) is 0.508. The highest BCUT2D eigenvalue weighted by Gasteiger charge is 1.94. The number of nitrogens with one attached hydrogen (secondary N) is 2. The first kappa shape index (κ1) is 8.88. The van der Waals surface area contributed by atoms with Crippen molar-refractivity contribution in [3.63, 3.8) is 0 Å². The molecule has 0 aromatic carbocycles. The Bertz CT molecular complexity index is 59.0. The van der Waals surface area contributed by atoms with E-state index >= 15 is 0 Å². The standard InChI is InChI=1S/C6H16N2O/c1-3-6(9)8-5-4-7-2/h6-9H,3-5H2,1-2H3. The van der Waals surface area contributed by atoms with E-state index < -0.39 is 0 Å². The van der Waals surface area contributed by atoms with E-state index in [1.165, 1.54) is 0 Å². The van der Waals surface area contributed by atoms with Crippen molar-refractivity contribution in [3.05, 3.63) is 0 Å². The zero-order valence-electron chi connectivity index (χ0n) is 6.15. The summed E-state index contributed by atoms with van der Waals surface area (Å²) in [5.74, 6) is 0. The molecule has 3 nitrogen and oxygen atoms in total. The highest BCUT2D eigenvalue weighted by atomic mass is 16.3. The van der Waals surface area contributed by atoms with E-state index in [1.54, 1.807) is 0 Å². The summed E-state index contributed by atoms with van der Waals surface area (Å²) in [5, 5.41) is 14.8. The molecule has 3 heteroatoms. The second-order valence-corrected chi connectivity index (χ2v) is 1.98. The van der Waals surface area contributed by atoms with Crippen molar-refractivity contribution in [1.29, 1.82) is 0 Å². The van der Waals surface area contributed by atoms with Gasteiger partial charge in [0.2, 0.25) is 0 Å². The van der Waals surface area contributed by atoms with E-state index in [1.807, 2.05) is 14.0 Å². The Morgan fingerprint density at radius 1 is 1.44 bits per heavy atom. The molecule has 1 atom stereocenters. The van der Waals surface area contributed by atoms with Gasteiger partial charge in [-0.3, -0.25) is 5.32 Å². The van der Waals surface area contributed by atoms with Crippen molar-refractivity contribution >= 4 is 0 Å². The van der Waals surface area contributed by atoms with Crippen molar-refractivity contribution in [3.8, 4) is 0 Å². The molecule has 0 aliphatic rings. The van der Waals surface area contributed by atoms with Crippen LogP contribution in [-0.2, 0) is 0 Å². The fourth-order valence-corrected chi connectivity index (χ4v) is 0.508. The molecule has 0 amide bonds. The van der Waals surface area contributed by atoms with E-state index in [4.69, 9.17) is 5.11 Å². The largest absolute Gasteiger partial charge is 0.379 e. The third-order valence-corrected chi connectivity index (χ3v) is 1.14. The van der Waals surface area contributed by atoms with Gasteiger partial charge in [0, 0.05) is 13.1 Å². The summed E-state index contributed by atoms with van der Waals surface area (Å²) in [4.78, 5) is 0. The molecule has 0 heterocycles. The maximum atomic E-state index is 8.95. The second-order valence-electron chi connectivity index (χ2n) is 1.98. The van der Waals surface area contributed by atoms with Crippen LogP contribution in [0.1, 0.15) is 13.3 Å². The van der Waals surface area contributed by atoms with Gasteiger partial charge >= 0.3 is 0 Å². The van der Waals surface area contributed by atoms with Crippen molar-refractivity contribution in [2.45, 2.75) is 19.6 Å².